The maximum atomic E-state index is 12.1. The highest BCUT2D eigenvalue weighted by atomic mass is 35.5. The van der Waals surface area contributed by atoms with Crippen molar-refractivity contribution in [2.45, 2.75) is 13.0 Å². The van der Waals surface area contributed by atoms with Gasteiger partial charge in [0.25, 0.3) is 0 Å². The van der Waals surface area contributed by atoms with E-state index in [1.165, 1.54) is 11.8 Å². The number of hydrogen-bond acceptors (Lipinski definition) is 5. The topological polar surface area (TPSA) is 62.1 Å². The summed E-state index contributed by atoms with van der Waals surface area (Å²) in [6.45, 7) is 1.71. The Morgan fingerprint density at radius 2 is 2.00 bits per heavy atom. The second kappa shape index (κ2) is 7.78. The molecule has 2 aliphatic heterocycles. The maximum Gasteiger partial charge on any atom is 0.335 e. The Bertz CT molecular complexity index is 1110. The summed E-state index contributed by atoms with van der Waals surface area (Å²) in [6.07, 6.45) is 1.88. The zero-order valence-electron chi connectivity index (χ0n) is 15.5. The van der Waals surface area contributed by atoms with Gasteiger partial charge in [-0.05, 0) is 36.9 Å². The number of halogens is 2. The van der Waals surface area contributed by atoms with Crippen LogP contribution < -0.4 is 4.74 Å². The Morgan fingerprint density at radius 3 is 2.69 bits per heavy atom. The van der Waals surface area contributed by atoms with E-state index in [1.807, 2.05) is 41.4 Å². The van der Waals surface area contributed by atoms with E-state index in [-0.39, 0.29) is 5.57 Å². The molecule has 0 spiro atoms. The first-order chi connectivity index (χ1) is 13.9. The number of methoxy groups -OCH3 is 1. The standard InChI is InChI=1S/C21H16Cl2N2O3S/c1-11-18(20(26)27)19(14-5-3-4-6-16(14)28-2)25-10-17(29-21(25)24-11)13-8-7-12(22)9-15(13)23/h3-10,19H,1-2H3,(H,26,27)/t19-/m0/s1. The fourth-order valence-corrected chi connectivity index (χ4v) is 5.11. The highest BCUT2D eigenvalue weighted by Crippen LogP contribution is 2.48. The summed E-state index contributed by atoms with van der Waals surface area (Å²) in [4.78, 5) is 19.4. The number of aliphatic carboxylic acids is 1. The molecule has 0 aliphatic carbocycles. The van der Waals surface area contributed by atoms with Crippen molar-refractivity contribution < 1.29 is 14.6 Å². The van der Waals surface area contributed by atoms with Crippen LogP contribution in [0, 0.1) is 0 Å². The lowest BCUT2D eigenvalue weighted by atomic mass is 9.94. The molecule has 148 valence electrons. The van der Waals surface area contributed by atoms with Gasteiger partial charge in [-0.2, -0.15) is 0 Å². The number of ether oxygens (including phenoxy) is 1. The van der Waals surface area contributed by atoms with E-state index >= 15 is 0 Å². The quantitative estimate of drug-likeness (QED) is 0.640. The van der Waals surface area contributed by atoms with Gasteiger partial charge in [0, 0.05) is 27.3 Å². The minimum absolute atomic E-state index is 0.207. The molecule has 0 saturated carbocycles. The molecule has 4 rings (SSSR count). The van der Waals surface area contributed by atoms with E-state index in [0.29, 0.717) is 26.7 Å². The van der Waals surface area contributed by atoms with Crippen molar-refractivity contribution in [2.75, 3.05) is 7.11 Å². The molecule has 8 heteroatoms. The number of para-hydroxylation sites is 1. The summed E-state index contributed by atoms with van der Waals surface area (Å²) in [7, 11) is 1.57. The van der Waals surface area contributed by atoms with Crippen LogP contribution in [0.4, 0.5) is 0 Å². The lowest BCUT2D eigenvalue weighted by Crippen LogP contribution is -2.33. The number of carboxylic acids is 1. The fraction of sp³-hybridized carbons (Fsp3) is 0.143. The Balaban J connectivity index is 1.87. The largest absolute Gasteiger partial charge is 0.496 e. The summed E-state index contributed by atoms with van der Waals surface area (Å²) in [5, 5.41) is 11.7. The third kappa shape index (κ3) is 3.52. The van der Waals surface area contributed by atoms with Crippen molar-refractivity contribution in [3.63, 3.8) is 0 Å². The van der Waals surface area contributed by atoms with Crippen molar-refractivity contribution in [1.29, 1.82) is 0 Å². The van der Waals surface area contributed by atoms with Crippen LogP contribution in [0.1, 0.15) is 24.1 Å². The van der Waals surface area contributed by atoms with Crippen LogP contribution in [0.15, 0.2) is 64.9 Å². The first-order valence-electron chi connectivity index (χ1n) is 8.69. The summed E-state index contributed by atoms with van der Waals surface area (Å²) < 4.78 is 5.51. The molecule has 0 amide bonds. The van der Waals surface area contributed by atoms with Crippen LogP contribution in [0.2, 0.25) is 10.0 Å². The summed E-state index contributed by atoms with van der Waals surface area (Å²) in [5.74, 6) is -0.403. The number of nitrogens with zero attached hydrogens (tertiary/aromatic N) is 2. The lowest BCUT2D eigenvalue weighted by molar-refractivity contribution is -0.133. The Morgan fingerprint density at radius 1 is 1.24 bits per heavy atom. The van der Waals surface area contributed by atoms with E-state index in [0.717, 1.165) is 16.0 Å². The number of rotatable bonds is 4. The van der Waals surface area contributed by atoms with Gasteiger partial charge in [-0.3, -0.25) is 0 Å². The number of benzene rings is 2. The molecule has 2 aromatic rings. The van der Waals surface area contributed by atoms with Crippen LogP contribution in [0.3, 0.4) is 0 Å². The molecular formula is C21H16Cl2N2O3S. The third-order valence-electron chi connectivity index (χ3n) is 4.74. The molecule has 2 aromatic carbocycles. The minimum Gasteiger partial charge on any atom is -0.496 e. The van der Waals surface area contributed by atoms with Gasteiger partial charge in [0.1, 0.15) is 5.75 Å². The van der Waals surface area contributed by atoms with E-state index in [4.69, 9.17) is 27.9 Å². The lowest BCUT2D eigenvalue weighted by Gasteiger charge is -2.33. The molecule has 0 radical (unpaired) electrons. The molecule has 0 bridgehead atoms. The van der Waals surface area contributed by atoms with Gasteiger partial charge >= 0.3 is 5.97 Å². The normalized spacial score (nSPS) is 18.3. The first-order valence-corrected chi connectivity index (χ1v) is 10.3. The van der Waals surface area contributed by atoms with Crippen LogP contribution >= 0.6 is 35.0 Å². The van der Waals surface area contributed by atoms with E-state index in [9.17, 15) is 9.90 Å². The highest BCUT2D eigenvalue weighted by molar-refractivity contribution is 8.22. The van der Waals surface area contributed by atoms with Gasteiger partial charge in [0.15, 0.2) is 5.17 Å². The smallest absolute Gasteiger partial charge is 0.335 e. The van der Waals surface area contributed by atoms with Crippen LogP contribution in [-0.4, -0.2) is 28.3 Å². The van der Waals surface area contributed by atoms with Crippen molar-refractivity contribution in [2.24, 2.45) is 4.99 Å². The molecule has 2 aliphatic rings. The van der Waals surface area contributed by atoms with Crippen molar-refractivity contribution in [3.8, 4) is 5.75 Å². The predicted molar refractivity (Wildman–Crippen MR) is 117 cm³/mol. The SMILES string of the molecule is COc1ccccc1[C@H]1C(C(=O)O)=C(C)N=C2SC(c3ccc(Cl)cc3Cl)=CN21. The number of carboxylic acid groups (broad SMARTS) is 1. The van der Waals surface area contributed by atoms with E-state index < -0.39 is 12.0 Å². The average molecular weight is 447 g/mol. The number of allylic oxidation sites excluding steroid dienone is 1. The molecule has 0 saturated heterocycles. The highest BCUT2D eigenvalue weighted by Gasteiger charge is 2.40. The molecule has 0 unspecified atom stereocenters. The second-order valence-corrected chi connectivity index (χ2v) is 8.32. The van der Waals surface area contributed by atoms with Gasteiger partial charge in [-0.25, -0.2) is 9.79 Å². The number of fused-ring (bicyclic) bond motifs is 1. The van der Waals surface area contributed by atoms with Gasteiger partial charge in [0.05, 0.1) is 29.4 Å². The fourth-order valence-electron chi connectivity index (χ4n) is 3.45. The molecule has 1 N–H and O–H groups in total. The van der Waals surface area contributed by atoms with Crippen molar-refractivity contribution >= 4 is 51.0 Å². The molecule has 1 atom stereocenters. The Hall–Kier alpha value is -2.41. The molecule has 0 aromatic heterocycles. The molecule has 0 fully saturated rings. The monoisotopic (exact) mass is 446 g/mol. The predicted octanol–water partition coefficient (Wildman–Crippen LogP) is 5.82. The number of amidine groups is 1. The number of thioether (sulfide) groups is 1. The second-order valence-electron chi connectivity index (χ2n) is 6.47. The van der Waals surface area contributed by atoms with Crippen LogP contribution in [0.25, 0.3) is 4.91 Å². The van der Waals surface area contributed by atoms with Gasteiger partial charge in [0.2, 0.25) is 0 Å². The summed E-state index contributed by atoms with van der Waals surface area (Å²) in [5.41, 5.74) is 2.23. The Kier molecular flexibility index (Phi) is 5.34. The van der Waals surface area contributed by atoms with E-state index in [1.54, 1.807) is 26.2 Å². The number of aliphatic imine (C=N–C) groups is 1. The molecule has 2 heterocycles. The first kappa shape index (κ1) is 19.9. The number of carbonyl (C=O) groups is 1. The van der Waals surface area contributed by atoms with Crippen LogP contribution in [0.5, 0.6) is 5.75 Å². The van der Waals surface area contributed by atoms with Gasteiger partial charge < -0.3 is 14.7 Å². The number of hydrogen-bond donors (Lipinski definition) is 1. The van der Waals surface area contributed by atoms with Gasteiger partial charge in [-0.15, -0.1) is 0 Å². The van der Waals surface area contributed by atoms with Crippen LogP contribution in [-0.2, 0) is 4.79 Å². The molecular weight excluding hydrogens is 431 g/mol. The zero-order chi connectivity index (χ0) is 20.7. The maximum absolute atomic E-state index is 12.1. The van der Waals surface area contributed by atoms with Crippen molar-refractivity contribution in [1.82, 2.24) is 4.90 Å². The van der Waals surface area contributed by atoms with E-state index in [2.05, 4.69) is 4.99 Å². The molecule has 5 nitrogen and oxygen atoms in total. The average Bonchev–Trinajstić information content (AvgIpc) is 3.09. The minimum atomic E-state index is -1.02. The summed E-state index contributed by atoms with van der Waals surface area (Å²) >= 11 is 13.9. The van der Waals surface area contributed by atoms with Crippen molar-refractivity contribution in [3.05, 3.63) is 81.1 Å². The third-order valence-corrected chi connectivity index (χ3v) is 6.32. The molecule has 29 heavy (non-hydrogen) atoms. The zero-order valence-corrected chi connectivity index (χ0v) is 17.8. The summed E-state index contributed by atoms with van der Waals surface area (Å²) in [6, 6.07) is 12.1. The Labute approximate surface area is 182 Å². The van der Waals surface area contributed by atoms with Gasteiger partial charge in [-0.1, -0.05) is 47.5 Å².